The minimum Gasteiger partial charge on any atom is -0.457 e. The second-order valence-corrected chi connectivity index (χ2v) is 19.6. The highest BCUT2D eigenvalue weighted by atomic mass is 16.5. The standard InChI is InChI=1S/C63H56N4O/c1-42-33-34-64-60(35-42)67-56-24-12-11-21-54(56)55-32-31-51(40-59(55)67)68-50-20-15-19-49(39-50)65-41-66(58-26-14-13-25-57(58)65)61-52(45-29-27-44(28-30-45)43-17-9-8-10-18-43)22-16-23-53(61)46-36-47(62(2,3)4)38-48(37-46)63(5,6)7/h8-40H,41H2,1-7H3/i1D3,8D,9D,10D,17D,18D. The smallest absolute Gasteiger partial charge is 0.137 e. The second kappa shape index (κ2) is 16.8. The molecule has 0 N–H and O–H groups in total. The van der Waals surface area contributed by atoms with Gasteiger partial charge in [-0.2, -0.15) is 0 Å². The number of fused-ring (bicyclic) bond motifs is 4. The van der Waals surface area contributed by atoms with Gasteiger partial charge in [-0.3, -0.25) is 4.57 Å². The van der Waals surface area contributed by atoms with Crippen LogP contribution in [0.5, 0.6) is 11.5 Å². The summed E-state index contributed by atoms with van der Waals surface area (Å²) in [6.07, 6.45) is 1.54. The summed E-state index contributed by atoms with van der Waals surface area (Å²) in [5.41, 5.74) is 12.8. The summed E-state index contributed by atoms with van der Waals surface area (Å²) >= 11 is 0. The van der Waals surface area contributed by atoms with Gasteiger partial charge in [0.15, 0.2) is 0 Å². The van der Waals surface area contributed by atoms with Crippen LogP contribution in [0.3, 0.4) is 0 Å². The van der Waals surface area contributed by atoms with E-state index in [-0.39, 0.29) is 46.1 Å². The van der Waals surface area contributed by atoms with E-state index < -0.39 is 12.9 Å². The Kier molecular flexibility index (Phi) is 8.49. The molecule has 0 fully saturated rings. The number of ether oxygens (including phenoxy) is 1. The van der Waals surface area contributed by atoms with Gasteiger partial charge in [-0.05, 0) is 111 Å². The number of aryl methyl sites for hydroxylation is 1. The molecule has 334 valence electrons. The van der Waals surface area contributed by atoms with Gasteiger partial charge < -0.3 is 14.5 Å². The van der Waals surface area contributed by atoms with E-state index >= 15 is 0 Å². The molecular formula is C63H56N4O. The average Bonchev–Trinajstić information content (AvgIpc) is 3.96. The van der Waals surface area contributed by atoms with Crippen LogP contribution in [-0.4, -0.2) is 16.2 Å². The van der Waals surface area contributed by atoms with Gasteiger partial charge in [0.1, 0.15) is 24.0 Å². The van der Waals surface area contributed by atoms with Crippen molar-refractivity contribution in [3.05, 3.63) is 217 Å². The number of anilines is 4. The number of benzene rings is 8. The van der Waals surface area contributed by atoms with Crippen LogP contribution in [0.1, 0.15) is 69.2 Å². The number of nitrogens with zero attached hydrogens (tertiary/aromatic N) is 4. The van der Waals surface area contributed by atoms with Crippen LogP contribution in [-0.2, 0) is 10.8 Å². The van der Waals surface area contributed by atoms with Crippen LogP contribution in [0.15, 0.2) is 200 Å². The van der Waals surface area contributed by atoms with E-state index in [0.29, 0.717) is 29.5 Å². The van der Waals surface area contributed by atoms with E-state index in [2.05, 4.69) is 129 Å². The van der Waals surface area contributed by atoms with Crippen LogP contribution >= 0.6 is 0 Å². The molecule has 5 heteroatoms. The lowest BCUT2D eigenvalue weighted by Gasteiger charge is -2.29. The molecule has 68 heavy (non-hydrogen) atoms. The van der Waals surface area contributed by atoms with Crippen molar-refractivity contribution >= 4 is 44.6 Å². The molecule has 1 aliphatic heterocycles. The van der Waals surface area contributed by atoms with Crippen molar-refractivity contribution in [2.45, 2.75) is 59.2 Å². The summed E-state index contributed by atoms with van der Waals surface area (Å²) in [6.45, 7) is 11.7. The SMILES string of the molecule is [2H]c1c([2H])c([2H])c(-c2ccc(-c3cccc(-c4cc(C(C)(C)C)cc(C(C)(C)C)c4)c3N3CN(c4cccc(Oc5ccc6c7ccccc7n(-c7cc(C([2H])([2H])[2H])ccn7)c6c5)c4)c4ccccc43)cc2)c([2H])c1[2H]. The van der Waals surface area contributed by atoms with Gasteiger partial charge in [-0.15, -0.1) is 0 Å². The Labute approximate surface area is 411 Å². The molecule has 0 saturated carbocycles. The van der Waals surface area contributed by atoms with Crippen molar-refractivity contribution in [2.24, 2.45) is 0 Å². The van der Waals surface area contributed by atoms with Crippen molar-refractivity contribution in [3.63, 3.8) is 0 Å². The van der Waals surface area contributed by atoms with E-state index in [1.807, 2.05) is 83.4 Å². The third kappa shape index (κ3) is 7.88. The van der Waals surface area contributed by atoms with E-state index in [1.54, 1.807) is 12.3 Å². The Hall–Kier alpha value is -7.89. The zero-order valence-electron chi connectivity index (χ0n) is 47.1. The molecule has 3 heterocycles. The van der Waals surface area contributed by atoms with Gasteiger partial charge in [0.25, 0.3) is 0 Å². The van der Waals surface area contributed by atoms with Gasteiger partial charge in [0.05, 0.1) is 34.9 Å². The summed E-state index contributed by atoms with van der Waals surface area (Å²) in [4.78, 5) is 9.31. The van der Waals surface area contributed by atoms with Crippen molar-refractivity contribution in [1.82, 2.24) is 9.55 Å². The van der Waals surface area contributed by atoms with Crippen LogP contribution in [0.2, 0.25) is 0 Å². The summed E-state index contributed by atoms with van der Waals surface area (Å²) < 4.78 is 75.3. The topological polar surface area (TPSA) is 33.5 Å². The molecule has 5 nitrogen and oxygen atoms in total. The maximum absolute atomic E-state index is 8.71. The maximum atomic E-state index is 8.71. The Balaban J connectivity index is 1.02. The predicted octanol–water partition coefficient (Wildman–Crippen LogP) is 17.1. The normalized spacial score (nSPS) is 14.7. The molecule has 0 aliphatic carbocycles. The number of aromatic nitrogens is 2. The summed E-state index contributed by atoms with van der Waals surface area (Å²) in [5.74, 6) is 1.74. The molecule has 0 amide bonds. The molecule has 8 aromatic carbocycles. The Morgan fingerprint density at radius 3 is 1.91 bits per heavy atom. The first-order chi connectivity index (χ1) is 36.2. The molecule has 0 spiro atoms. The van der Waals surface area contributed by atoms with Gasteiger partial charge in [-0.1, -0.05) is 169 Å². The number of rotatable bonds is 8. The first-order valence-corrected chi connectivity index (χ1v) is 23.0. The minimum absolute atomic E-state index is 0.133. The largest absolute Gasteiger partial charge is 0.457 e. The molecular weight excluding hydrogens is 829 g/mol. The fourth-order valence-electron chi connectivity index (χ4n) is 9.44. The third-order valence-electron chi connectivity index (χ3n) is 13.0. The van der Waals surface area contributed by atoms with Crippen molar-refractivity contribution in [1.29, 1.82) is 0 Å². The first kappa shape index (κ1) is 34.4. The Bertz CT molecular complexity index is 3860. The van der Waals surface area contributed by atoms with Crippen LogP contribution < -0.4 is 14.5 Å². The average molecular weight is 893 g/mol. The molecule has 10 aromatic rings. The van der Waals surface area contributed by atoms with Crippen LogP contribution in [0.4, 0.5) is 22.7 Å². The highest BCUT2D eigenvalue weighted by molar-refractivity contribution is 6.09. The molecule has 0 unspecified atom stereocenters. The third-order valence-corrected chi connectivity index (χ3v) is 13.0. The Morgan fingerprint density at radius 1 is 0.529 bits per heavy atom. The zero-order chi connectivity index (χ0) is 53.6. The van der Waals surface area contributed by atoms with Crippen molar-refractivity contribution < 1.29 is 15.7 Å². The lowest BCUT2D eigenvalue weighted by Crippen LogP contribution is -2.25. The molecule has 11 rings (SSSR count). The number of hydrogen-bond acceptors (Lipinski definition) is 4. The number of pyridine rings is 1. The second-order valence-electron chi connectivity index (χ2n) is 19.6. The molecule has 0 saturated heterocycles. The molecule has 0 radical (unpaired) electrons. The van der Waals surface area contributed by atoms with Crippen LogP contribution in [0, 0.1) is 6.85 Å². The van der Waals surface area contributed by atoms with Crippen molar-refractivity contribution in [2.75, 3.05) is 16.5 Å². The van der Waals surface area contributed by atoms with E-state index in [1.165, 1.54) is 17.2 Å². The zero-order valence-corrected chi connectivity index (χ0v) is 39.1. The number of hydrogen-bond donors (Lipinski definition) is 0. The highest BCUT2D eigenvalue weighted by Gasteiger charge is 2.32. The van der Waals surface area contributed by atoms with Gasteiger partial charge >= 0.3 is 0 Å². The van der Waals surface area contributed by atoms with E-state index in [0.717, 1.165) is 66.8 Å². The fourth-order valence-corrected chi connectivity index (χ4v) is 9.44. The maximum Gasteiger partial charge on any atom is 0.137 e. The van der Waals surface area contributed by atoms with E-state index in [4.69, 9.17) is 15.7 Å². The molecule has 0 atom stereocenters. The minimum atomic E-state index is -2.29. The Morgan fingerprint density at radius 2 is 1.18 bits per heavy atom. The van der Waals surface area contributed by atoms with E-state index in [9.17, 15) is 0 Å². The van der Waals surface area contributed by atoms with Gasteiger partial charge in [0.2, 0.25) is 0 Å². The highest BCUT2D eigenvalue weighted by Crippen LogP contribution is 2.51. The quantitative estimate of drug-likeness (QED) is 0.152. The fraction of sp³-hybridized carbons (Fsp3) is 0.159. The lowest BCUT2D eigenvalue weighted by atomic mass is 9.78. The molecule has 1 aliphatic rings. The monoisotopic (exact) mass is 892 g/mol. The summed E-state index contributed by atoms with van der Waals surface area (Å²) in [7, 11) is 0. The first-order valence-electron chi connectivity index (χ1n) is 27.0. The number of para-hydroxylation sites is 4. The predicted molar refractivity (Wildman–Crippen MR) is 286 cm³/mol. The van der Waals surface area contributed by atoms with Crippen molar-refractivity contribution in [3.8, 4) is 50.7 Å². The summed E-state index contributed by atoms with van der Waals surface area (Å²) in [6, 6.07) is 53.1. The van der Waals surface area contributed by atoms with Gasteiger partial charge in [-0.25, -0.2) is 4.98 Å². The van der Waals surface area contributed by atoms with Gasteiger partial charge in [0, 0.05) is 50.0 Å². The molecule has 2 aromatic heterocycles. The van der Waals surface area contributed by atoms with Crippen LogP contribution in [0.25, 0.3) is 61.0 Å². The lowest BCUT2D eigenvalue weighted by molar-refractivity contribution is 0.483. The molecule has 0 bridgehead atoms. The summed E-state index contributed by atoms with van der Waals surface area (Å²) in [5, 5.41) is 1.99.